The van der Waals surface area contributed by atoms with Crippen LogP contribution in [0.5, 0.6) is 0 Å². The van der Waals surface area contributed by atoms with Crippen molar-refractivity contribution in [3.63, 3.8) is 0 Å². The smallest absolute Gasteiger partial charge is 0.239 e. The SMILES string of the molecule is Cl.O=C(NCCc1nc(-c2cccc(Cl)c2)no1)C1COCCN1. The number of carbonyl (C=O) groups excluding carboxylic acids is 1. The van der Waals surface area contributed by atoms with E-state index in [2.05, 4.69) is 20.8 Å². The fourth-order valence-corrected chi connectivity index (χ4v) is 2.44. The lowest BCUT2D eigenvalue weighted by molar-refractivity contribution is -0.125. The summed E-state index contributed by atoms with van der Waals surface area (Å²) in [6.07, 6.45) is 0.465. The molecule has 7 nitrogen and oxygen atoms in total. The van der Waals surface area contributed by atoms with Crippen LogP contribution >= 0.6 is 24.0 Å². The highest BCUT2D eigenvalue weighted by Gasteiger charge is 2.20. The Morgan fingerprint density at radius 3 is 3.08 bits per heavy atom. The van der Waals surface area contributed by atoms with E-state index in [0.717, 1.165) is 5.56 Å². The molecule has 0 saturated carbocycles. The summed E-state index contributed by atoms with van der Waals surface area (Å²) in [6.45, 7) is 2.14. The minimum atomic E-state index is -0.298. The fourth-order valence-electron chi connectivity index (χ4n) is 2.25. The largest absolute Gasteiger partial charge is 0.378 e. The highest BCUT2D eigenvalue weighted by molar-refractivity contribution is 6.30. The van der Waals surface area contributed by atoms with E-state index in [-0.39, 0.29) is 24.4 Å². The van der Waals surface area contributed by atoms with Gasteiger partial charge in [-0.2, -0.15) is 4.98 Å². The van der Waals surface area contributed by atoms with Crippen LogP contribution in [0.15, 0.2) is 28.8 Å². The van der Waals surface area contributed by atoms with Crippen molar-refractivity contribution in [2.45, 2.75) is 12.5 Å². The number of nitrogens with zero attached hydrogens (tertiary/aromatic N) is 2. The molecule has 1 amide bonds. The zero-order valence-corrected chi connectivity index (χ0v) is 14.4. The molecule has 9 heteroatoms. The van der Waals surface area contributed by atoms with Crippen LogP contribution in [0.25, 0.3) is 11.4 Å². The summed E-state index contributed by atoms with van der Waals surface area (Å²) in [5.74, 6) is 0.864. The molecule has 0 radical (unpaired) electrons. The Kier molecular flexibility index (Phi) is 6.99. The van der Waals surface area contributed by atoms with E-state index < -0.39 is 0 Å². The average molecular weight is 373 g/mol. The zero-order chi connectivity index (χ0) is 16.1. The first kappa shape index (κ1) is 18.7. The van der Waals surface area contributed by atoms with Gasteiger partial charge in [-0.15, -0.1) is 12.4 Å². The van der Waals surface area contributed by atoms with E-state index >= 15 is 0 Å². The number of rotatable bonds is 5. The maximum Gasteiger partial charge on any atom is 0.239 e. The molecule has 1 aliphatic heterocycles. The van der Waals surface area contributed by atoms with E-state index in [9.17, 15) is 4.79 Å². The van der Waals surface area contributed by atoms with Gasteiger partial charge in [-0.1, -0.05) is 28.9 Å². The van der Waals surface area contributed by atoms with Gasteiger partial charge in [0.1, 0.15) is 6.04 Å². The van der Waals surface area contributed by atoms with Crippen LogP contribution in [0, 0.1) is 0 Å². The highest BCUT2D eigenvalue weighted by Crippen LogP contribution is 2.19. The number of ether oxygens (including phenoxy) is 1. The lowest BCUT2D eigenvalue weighted by Gasteiger charge is -2.22. The monoisotopic (exact) mass is 372 g/mol. The number of hydrogen-bond acceptors (Lipinski definition) is 6. The summed E-state index contributed by atoms with van der Waals surface area (Å²) in [6, 6.07) is 6.94. The Morgan fingerprint density at radius 2 is 2.33 bits per heavy atom. The Bertz CT molecular complexity index is 674. The van der Waals surface area contributed by atoms with E-state index in [0.29, 0.717) is 49.5 Å². The van der Waals surface area contributed by atoms with Gasteiger partial charge in [0.05, 0.1) is 13.2 Å². The molecule has 1 atom stereocenters. The van der Waals surface area contributed by atoms with Crippen molar-refractivity contribution in [2.24, 2.45) is 0 Å². The third-order valence-corrected chi connectivity index (χ3v) is 3.66. The molecule has 0 bridgehead atoms. The van der Waals surface area contributed by atoms with Crippen molar-refractivity contribution in [3.05, 3.63) is 35.2 Å². The zero-order valence-electron chi connectivity index (χ0n) is 12.8. The van der Waals surface area contributed by atoms with Crippen LogP contribution in [-0.2, 0) is 16.0 Å². The van der Waals surface area contributed by atoms with Crippen molar-refractivity contribution in [1.29, 1.82) is 0 Å². The first-order valence-electron chi connectivity index (χ1n) is 7.40. The minimum Gasteiger partial charge on any atom is -0.378 e. The van der Waals surface area contributed by atoms with Gasteiger partial charge in [0.15, 0.2) is 0 Å². The van der Waals surface area contributed by atoms with Gasteiger partial charge in [-0.3, -0.25) is 4.79 Å². The summed E-state index contributed by atoms with van der Waals surface area (Å²) < 4.78 is 10.4. The third-order valence-electron chi connectivity index (χ3n) is 3.43. The number of morpholine rings is 1. The van der Waals surface area contributed by atoms with E-state index in [1.165, 1.54) is 0 Å². The maximum absolute atomic E-state index is 11.9. The molecule has 130 valence electrons. The Balaban J connectivity index is 0.00000208. The molecular weight excluding hydrogens is 355 g/mol. The highest BCUT2D eigenvalue weighted by atomic mass is 35.5. The van der Waals surface area contributed by atoms with Crippen molar-refractivity contribution in [2.75, 3.05) is 26.3 Å². The van der Waals surface area contributed by atoms with E-state index in [1.807, 2.05) is 12.1 Å². The van der Waals surface area contributed by atoms with Gasteiger partial charge in [-0.25, -0.2) is 0 Å². The molecule has 3 rings (SSSR count). The number of hydrogen-bond donors (Lipinski definition) is 2. The number of nitrogens with one attached hydrogen (secondary N) is 2. The molecule has 1 fully saturated rings. The molecular formula is C15H18Cl2N4O3. The average Bonchev–Trinajstić information content (AvgIpc) is 3.04. The lowest BCUT2D eigenvalue weighted by Crippen LogP contribution is -2.51. The van der Waals surface area contributed by atoms with Gasteiger partial charge in [0.2, 0.25) is 17.6 Å². The van der Waals surface area contributed by atoms with Crippen LogP contribution in [0.4, 0.5) is 0 Å². The van der Waals surface area contributed by atoms with Crippen LogP contribution < -0.4 is 10.6 Å². The van der Waals surface area contributed by atoms with Gasteiger partial charge < -0.3 is 19.9 Å². The number of amides is 1. The van der Waals surface area contributed by atoms with Gasteiger partial charge in [-0.05, 0) is 12.1 Å². The molecule has 2 aromatic rings. The van der Waals surface area contributed by atoms with Crippen LogP contribution in [0.2, 0.25) is 5.02 Å². The van der Waals surface area contributed by atoms with Crippen LogP contribution in [-0.4, -0.2) is 48.4 Å². The third kappa shape index (κ3) is 4.91. The normalized spacial score (nSPS) is 17.1. The number of aromatic nitrogens is 2. The second kappa shape index (κ2) is 8.98. The molecule has 1 aromatic heterocycles. The number of halogens is 2. The summed E-state index contributed by atoms with van der Waals surface area (Å²) in [7, 11) is 0. The Labute approximate surface area is 150 Å². The van der Waals surface area contributed by atoms with Crippen molar-refractivity contribution < 1.29 is 14.1 Å². The molecule has 0 aliphatic carbocycles. The van der Waals surface area contributed by atoms with Crippen LogP contribution in [0.3, 0.4) is 0 Å². The molecule has 2 heterocycles. The van der Waals surface area contributed by atoms with Crippen molar-refractivity contribution in [3.8, 4) is 11.4 Å². The Morgan fingerprint density at radius 1 is 1.46 bits per heavy atom. The molecule has 1 saturated heterocycles. The first-order chi connectivity index (χ1) is 11.2. The van der Waals surface area contributed by atoms with E-state index in [1.54, 1.807) is 12.1 Å². The number of carbonyl (C=O) groups is 1. The Hall–Kier alpha value is -1.67. The molecule has 1 aromatic carbocycles. The molecule has 1 unspecified atom stereocenters. The van der Waals surface area contributed by atoms with Gasteiger partial charge >= 0.3 is 0 Å². The van der Waals surface area contributed by atoms with Crippen molar-refractivity contribution in [1.82, 2.24) is 20.8 Å². The predicted octanol–water partition coefficient (Wildman–Crippen LogP) is 1.46. The summed E-state index contributed by atoms with van der Waals surface area (Å²) in [5.41, 5.74) is 0.792. The van der Waals surface area contributed by atoms with Crippen molar-refractivity contribution >= 4 is 29.9 Å². The topological polar surface area (TPSA) is 89.3 Å². The second-order valence-electron chi connectivity index (χ2n) is 5.14. The predicted molar refractivity (Wildman–Crippen MR) is 91.3 cm³/mol. The summed E-state index contributed by atoms with van der Waals surface area (Å²) in [5, 5.41) is 10.5. The lowest BCUT2D eigenvalue weighted by atomic mass is 10.2. The van der Waals surface area contributed by atoms with Gasteiger partial charge in [0, 0.05) is 30.1 Å². The van der Waals surface area contributed by atoms with E-state index in [4.69, 9.17) is 20.9 Å². The van der Waals surface area contributed by atoms with Gasteiger partial charge in [0.25, 0.3) is 0 Å². The summed E-state index contributed by atoms with van der Waals surface area (Å²) >= 11 is 5.94. The molecule has 1 aliphatic rings. The molecule has 0 spiro atoms. The maximum atomic E-state index is 11.9. The fraction of sp³-hybridized carbons (Fsp3) is 0.400. The minimum absolute atomic E-state index is 0. The first-order valence-corrected chi connectivity index (χ1v) is 7.77. The second-order valence-corrected chi connectivity index (χ2v) is 5.58. The molecule has 2 N–H and O–H groups in total. The summed E-state index contributed by atoms with van der Waals surface area (Å²) in [4.78, 5) is 16.2. The van der Waals surface area contributed by atoms with Crippen LogP contribution in [0.1, 0.15) is 5.89 Å². The standard InChI is InChI=1S/C15H17ClN4O3.ClH/c16-11-3-1-2-10(8-11)14-19-13(23-20-14)4-5-18-15(21)12-9-22-7-6-17-12;/h1-3,8,12,17H,4-7,9H2,(H,18,21);1H. The molecule has 24 heavy (non-hydrogen) atoms. The quantitative estimate of drug-likeness (QED) is 0.825. The number of benzene rings is 1.